The highest BCUT2D eigenvalue weighted by molar-refractivity contribution is 6.31. The van der Waals surface area contributed by atoms with E-state index in [9.17, 15) is 9.90 Å². The van der Waals surface area contributed by atoms with Gasteiger partial charge >= 0.3 is 5.97 Å². The molecule has 3 rings (SSSR count). The Bertz CT molecular complexity index is 977. The molecule has 2 N–H and O–H groups in total. The molecule has 0 amide bonds. The average molecular weight is 425 g/mol. The van der Waals surface area contributed by atoms with Crippen LogP contribution in [-0.2, 0) is 17.8 Å². The fourth-order valence-electron chi connectivity index (χ4n) is 3.99. The highest BCUT2D eigenvalue weighted by atomic mass is 35.5. The Morgan fingerprint density at radius 3 is 2.73 bits per heavy atom. The van der Waals surface area contributed by atoms with Crippen LogP contribution in [0.5, 0.6) is 0 Å². The fourth-order valence-corrected chi connectivity index (χ4v) is 4.11. The number of aryl methyl sites for hydroxylation is 2. The van der Waals surface area contributed by atoms with Crippen LogP contribution in [-0.4, -0.2) is 29.1 Å². The van der Waals surface area contributed by atoms with E-state index in [1.807, 2.05) is 26.0 Å². The number of anilines is 1. The Balaban J connectivity index is 1.81. The molecule has 0 spiro atoms. The monoisotopic (exact) mass is 424 g/mol. The van der Waals surface area contributed by atoms with Crippen LogP contribution < -0.4 is 5.32 Å². The molecule has 2 aromatic rings. The molecule has 1 fully saturated rings. The van der Waals surface area contributed by atoms with E-state index in [4.69, 9.17) is 11.6 Å². The molecule has 0 aliphatic carbocycles. The van der Waals surface area contributed by atoms with E-state index >= 15 is 0 Å². The number of hydrogen-bond acceptors (Lipinski definition) is 3. The number of carbonyl (C=O) groups is 1. The van der Waals surface area contributed by atoms with Gasteiger partial charge in [-0.3, -0.25) is 9.69 Å². The molecule has 1 unspecified atom stereocenters. The van der Waals surface area contributed by atoms with E-state index in [-0.39, 0.29) is 12.0 Å². The molecule has 0 bridgehead atoms. The summed E-state index contributed by atoms with van der Waals surface area (Å²) in [6, 6.07) is 12.3. The van der Waals surface area contributed by atoms with Gasteiger partial charge in [-0.25, -0.2) is 0 Å². The first-order chi connectivity index (χ1) is 14.4. The van der Waals surface area contributed by atoms with Crippen LogP contribution in [0, 0.1) is 24.7 Å². The molecular weight excluding hydrogens is 396 g/mol. The van der Waals surface area contributed by atoms with Gasteiger partial charge in [-0.2, -0.15) is 0 Å². The van der Waals surface area contributed by atoms with E-state index in [1.165, 1.54) is 11.1 Å². The van der Waals surface area contributed by atoms with Gasteiger partial charge in [0, 0.05) is 23.8 Å². The molecule has 0 aromatic heterocycles. The van der Waals surface area contributed by atoms with Crippen molar-refractivity contribution in [3.63, 3.8) is 0 Å². The van der Waals surface area contributed by atoms with Gasteiger partial charge in [0.25, 0.3) is 0 Å². The second-order valence-electron chi connectivity index (χ2n) is 7.88. The SMILES string of the molecule is CC#CC(Nc1ccc(CC)c(CN2CC[C@@H](C(=O)O)C2)c1)c1ccc(Cl)c(C)c1. The molecule has 1 aliphatic heterocycles. The lowest BCUT2D eigenvalue weighted by Crippen LogP contribution is -2.23. The van der Waals surface area contributed by atoms with Crippen molar-refractivity contribution < 1.29 is 9.90 Å². The zero-order chi connectivity index (χ0) is 21.7. The van der Waals surface area contributed by atoms with Gasteiger partial charge in [0.15, 0.2) is 0 Å². The van der Waals surface area contributed by atoms with E-state index in [1.54, 1.807) is 0 Å². The molecule has 2 atom stereocenters. The minimum atomic E-state index is -0.692. The Hall–Kier alpha value is -2.48. The summed E-state index contributed by atoms with van der Waals surface area (Å²) in [6.07, 6.45) is 1.67. The number of nitrogens with one attached hydrogen (secondary N) is 1. The average Bonchev–Trinajstić information content (AvgIpc) is 3.19. The molecule has 1 heterocycles. The Morgan fingerprint density at radius 2 is 2.10 bits per heavy atom. The molecule has 5 heteroatoms. The molecule has 1 aliphatic rings. The smallest absolute Gasteiger partial charge is 0.307 e. The maximum absolute atomic E-state index is 11.3. The number of halogens is 1. The molecule has 158 valence electrons. The van der Waals surface area contributed by atoms with Crippen molar-refractivity contribution in [2.24, 2.45) is 5.92 Å². The summed E-state index contributed by atoms with van der Waals surface area (Å²) in [5.41, 5.74) is 5.65. The first-order valence-corrected chi connectivity index (χ1v) is 10.8. The summed E-state index contributed by atoms with van der Waals surface area (Å²) >= 11 is 6.19. The summed E-state index contributed by atoms with van der Waals surface area (Å²) in [7, 11) is 0. The van der Waals surface area contributed by atoms with Crippen molar-refractivity contribution in [3.05, 3.63) is 63.7 Å². The molecule has 2 aromatic carbocycles. The van der Waals surface area contributed by atoms with Gasteiger partial charge in [0.1, 0.15) is 6.04 Å². The van der Waals surface area contributed by atoms with Crippen LogP contribution >= 0.6 is 11.6 Å². The molecule has 0 radical (unpaired) electrons. The first-order valence-electron chi connectivity index (χ1n) is 10.4. The molecule has 30 heavy (non-hydrogen) atoms. The van der Waals surface area contributed by atoms with Gasteiger partial charge in [0.05, 0.1) is 5.92 Å². The van der Waals surface area contributed by atoms with E-state index in [0.717, 1.165) is 47.8 Å². The van der Waals surface area contributed by atoms with Gasteiger partial charge in [-0.05, 0) is 73.7 Å². The number of likely N-dealkylation sites (tertiary alicyclic amines) is 1. The van der Waals surface area contributed by atoms with Crippen LogP contribution in [0.15, 0.2) is 36.4 Å². The minimum absolute atomic E-state index is 0.130. The highest BCUT2D eigenvalue weighted by Crippen LogP contribution is 2.27. The largest absolute Gasteiger partial charge is 0.481 e. The van der Waals surface area contributed by atoms with Crippen LogP contribution in [0.1, 0.15) is 48.6 Å². The standard InChI is InChI=1S/C25H29ClN2O2/c1-4-6-24(19-8-10-23(26)17(3)13-19)27-22-9-7-18(5-2)21(14-22)16-28-12-11-20(15-28)25(29)30/h7-10,13-14,20,24,27H,5,11-12,15-16H2,1-3H3,(H,29,30)/t20-,24?/m1/s1. The number of carboxylic acid groups (broad SMARTS) is 1. The fraction of sp³-hybridized carbons (Fsp3) is 0.400. The van der Waals surface area contributed by atoms with E-state index in [2.05, 4.69) is 53.2 Å². The maximum Gasteiger partial charge on any atom is 0.307 e. The summed E-state index contributed by atoms with van der Waals surface area (Å²) in [5, 5.41) is 13.6. The number of benzene rings is 2. The number of hydrogen-bond donors (Lipinski definition) is 2. The first kappa shape index (κ1) is 22.2. The van der Waals surface area contributed by atoms with Crippen LogP contribution in [0.25, 0.3) is 0 Å². The van der Waals surface area contributed by atoms with Gasteiger partial charge < -0.3 is 10.4 Å². The molecule has 4 nitrogen and oxygen atoms in total. The van der Waals surface area contributed by atoms with E-state index < -0.39 is 5.97 Å². The maximum atomic E-state index is 11.3. The topological polar surface area (TPSA) is 52.6 Å². The number of carboxylic acids is 1. The molecular formula is C25H29ClN2O2. The van der Waals surface area contributed by atoms with Crippen molar-refractivity contribution in [3.8, 4) is 11.8 Å². The van der Waals surface area contributed by atoms with Gasteiger partial charge in [0.2, 0.25) is 0 Å². The van der Waals surface area contributed by atoms with Crippen molar-refractivity contribution in [2.75, 3.05) is 18.4 Å². The van der Waals surface area contributed by atoms with Crippen LogP contribution in [0.2, 0.25) is 5.02 Å². The zero-order valence-electron chi connectivity index (χ0n) is 17.8. The predicted molar refractivity (Wildman–Crippen MR) is 123 cm³/mol. The third-order valence-corrected chi connectivity index (χ3v) is 6.14. The summed E-state index contributed by atoms with van der Waals surface area (Å²) < 4.78 is 0. The normalized spacial score (nSPS) is 17.3. The summed E-state index contributed by atoms with van der Waals surface area (Å²) in [6.45, 7) is 8.20. The number of nitrogens with zero attached hydrogens (tertiary/aromatic N) is 1. The molecule has 1 saturated heterocycles. The lowest BCUT2D eigenvalue weighted by molar-refractivity contribution is -0.141. The van der Waals surface area contributed by atoms with Crippen molar-refractivity contribution in [2.45, 2.75) is 46.2 Å². The summed E-state index contributed by atoms with van der Waals surface area (Å²) in [4.78, 5) is 13.5. The third-order valence-electron chi connectivity index (χ3n) is 5.72. The van der Waals surface area contributed by atoms with Crippen molar-refractivity contribution >= 4 is 23.3 Å². The Labute approximate surface area is 184 Å². The van der Waals surface area contributed by atoms with Gasteiger partial charge in [-0.1, -0.05) is 42.6 Å². The quantitative estimate of drug-likeness (QED) is 0.592. The second-order valence-corrected chi connectivity index (χ2v) is 8.28. The van der Waals surface area contributed by atoms with Crippen molar-refractivity contribution in [1.29, 1.82) is 0 Å². The predicted octanol–water partition coefficient (Wildman–Crippen LogP) is 5.29. The minimum Gasteiger partial charge on any atom is -0.481 e. The highest BCUT2D eigenvalue weighted by Gasteiger charge is 2.28. The van der Waals surface area contributed by atoms with Crippen LogP contribution in [0.4, 0.5) is 5.69 Å². The number of aliphatic carboxylic acids is 1. The third kappa shape index (κ3) is 5.36. The Kier molecular flexibility index (Phi) is 7.42. The zero-order valence-corrected chi connectivity index (χ0v) is 18.6. The second kappa shape index (κ2) is 10.0. The lowest BCUT2D eigenvalue weighted by Gasteiger charge is -2.21. The lowest BCUT2D eigenvalue weighted by atomic mass is 10.0. The summed E-state index contributed by atoms with van der Waals surface area (Å²) in [5.74, 6) is 5.33. The van der Waals surface area contributed by atoms with E-state index in [0.29, 0.717) is 6.54 Å². The number of rotatable bonds is 7. The molecule has 0 saturated carbocycles. The Morgan fingerprint density at radius 1 is 1.30 bits per heavy atom. The van der Waals surface area contributed by atoms with Gasteiger partial charge in [-0.15, -0.1) is 5.92 Å². The van der Waals surface area contributed by atoms with Crippen LogP contribution in [0.3, 0.4) is 0 Å². The van der Waals surface area contributed by atoms with Crippen molar-refractivity contribution in [1.82, 2.24) is 4.90 Å².